The maximum atomic E-state index is 13.5. The number of benzene rings is 1. The van der Waals surface area contributed by atoms with Gasteiger partial charge in [-0.2, -0.15) is 0 Å². The zero-order valence-electron chi connectivity index (χ0n) is 13.4. The van der Waals surface area contributed by atoms with E-state index in [-0.39, 0.29) is 24.2 Å². The van der Waals surface area contributed by atoms with Crippen LogP contribution in [-0.2, 0) is 22.5 Å². The predicted octanol–water partition coefficient (Wildman–Crippen LogP) is 2.72. The van der Waals surface area contributed by atoms with Crippen LogP contribution in [0.25, 0.3) is 0 Å². The zero-order chi connectivity index (χ0) is 16.8. The number of hydrogen-bond donors (Lipinski definition) is 1. The molecule has 0 bridgehead atoms. The highest BCUT2D eigenvalue weighted by Gasteiger charge is 2.18. The summed E-state index contributed by atoms with van der Waals surface area (Å²) in [4.78, 5) is 20.6. The van der Waals surface area contributed by atoms with Crippen LogP contribution in [0.5, 0.6) is 0 Å². The normalized spacial score (nSPS) is 17.5. The van der Waals surface area contributed by atoms with Crippen molar-refractivity contribution in [2.75, 3.05) is 6.61 Å². The fourth-order valence-corrected chi connectivity index (χ4v) is 2.64. The van der Waals surface area contributed by atoms with E-state index >= 15 is 0 Å². The second-order valence-electron chi connectivity index (χ2n) is 5.85. The van der Waals surface area contributed by atoms with E-state index in [0.29, 0.717) is 17.9 Å². The summed E-state index contributed by atoms with van der Waals surface area (Å²) in [5, 5.41) is 2.76. The minimum absolute atomic E-state index is 0.0154. The molecule has 126 valence electrons. The van der Waals surface area contributed by atoms with Gasteiger partial charge in [0.25, 0.3) is 0 Å². The highest BCUT2D eigenvalue weighted by molar-refractivity contribution is 5.78. The zero-order valence-corrected chi connectivity index (χ0v) is 13.4. The van der Waals surface area contributed by atoms with Crippen LogP contribution in [0.3, 0.4) is 0 Å². The first-order valence-corrected chi connectivity index (χ1v) is 8.15. The number of ether oxygens (including phenoxy) is 1. The summed E-state index contributed by atoms with van der Waals surface area (Å²) in [7, 11) is 0. The molecule has 0 radical (unpaired) electrons. The number of amides is 1. The Hall–Kier alpha value is -2.34. The van der Waals surface area contributed by atoms with Gasteiger partial charge >= 0.3 is 0 Å². The summed E-state index contributed by atoms with van der Waals surface area (Å²) in [5.41, 5.74) is 1.19. The van der Waals surface area contributed by atoms with E-state index in [9.17, 15) is 9.18 Å². The van der Waals surface area contributed by atoms with Crippen molar-refractivity contribution < 1.29 is 13.9 Å². The van der Waals surface area contributed by atoms with E-state index in [0.717, 1.165) is 31.4 Å². The van der Waals surface area contributed by atoms with Crippen molar-refractivity contribution in [3.05, 3.63) is 59.4 Å². The van der Waals surface area contributed by atoms with Crippen LogP contribution >= 0.6 is 0 Å². The third-order valence-corrected chi connectivity index (χ3v) is 3.99. The van der Waals surface area contributed by atoms with Crippen molar-refractivity contribution in [1.29, 1.82) is 0 Å². The molecule has 1 aromatic heterocycles. The Bertz CT molecular complexity index is 685. The first-order valence-electron chi connectivity index (χ1n) is 8.15. The lowest BCUT2D eigenvalue weighted by molar-refractivity contribution is -0.120. The summed E-state index contributed by atoms with van der Waals surface area (Å²) in [6.07, 6.45) is 6.54. The van der Waals surface area contributed by atoms with Gasteiger partial charge in [-0.05, 0) is 30.9 Å². The number of nitrogens with one attached hydrogen (secondary N) is 1. The van der Waals surface area contributed by atoms with Gasteiger partial charge in [-0.15, -0.1) is 0 Å². The number of hydrogen-bond acceptors (Lipinski definition) is 4. The summed E-state index contributed by atoms with van der Waals surface area (Å²) < 4.78 is 19.2. The van der Waals surface area contributed by atoms with Crippen LogP contribution in [0.15, 0.2) is 36.7 Å². The molecule has 6 heteroatoms. The lowest BCUT2D eigenvalue weighted by atomic mass is 10.1. The van der Waals surface area contributed by atoms with Crippen molar-refractivity contribution >= 4 is 5.91 Å². The van der Waals surface area contributed by atoms with Crippen LogP contribution in [-0.4, -0.2) is 22.5 Å². The molecule has 1 amide bonds. The number of aromatic nitrogens is 2. The van der Waals surface area contributed by atoms with E-state index in [4.69, 9.17) is 4.74 Å². The molecule has 2 aromatic rings. The molecule has 0 saturated carbocycles. The third-order valence-electron chi connectivity index (χ3n) is 3.99. The molecule has 1 aromatic carbocycles. The maximum Gasteiger partial charge on any atom is 0.224 e. The lowest BCUT2D eigenvalue weighted by Gasteiger charge is -2.21. The molecule has 5 nitrogen and oxygen atoms in total. The first kappa shape index (κ1) is 16.5. The average molecular weight is 329 g/mol. The van der Waals surface area contributed by atoms with Gasteiger partial charge in [0.15, 0.2) is 5.82 Å². The number of halogens is 1. The van der Waals surface area contributed by atoms with Crippen LogP contribution in [0.2, 0.25) is 0 Å². The summed E-state index contributed by atoms with van der Waals surface area (Å²) in [6.45, 7) is 1.07. The monoisotopic (exact) mass is 329 g/mol. The Labute approximate surface area is 140 Å². The number of nitrogens with zero attached hydrogens (tertiary/aromatic N) is 2. The standard InChI is InChI=1S/C18H20FN3O2/c19-15-6-2-1-5-14(15)9-17(23)20-10-13-11-21-18(22-12-13)16-7-3-4-8-24-16/h1-2,5-6,11-12,16H,3-4,7-10H2,(H,20,23). The largest absolute Gasteiger partial charge is 0.370 e. The van der Waals surface area contributed by atoms with Gasteiger partial charge in [0.05, 0.1) is 6.42 Å². The van der Waals surface area contributed by atoms with E-state index in [1.807, 2.05) is 0 Å². The minimum atomic E-state index is -0.368. The predicted molar refractivity (Wildman–Crippen MR) is 86.5 cm³/mol. The Balaban J connectivity index is 1.51. The van der Waals surface area contributed by atoms with E-state index in [2.05, 4.69) is 15.3 Å². The molecule has 0 aliphatic carbocycles. The molecule has 1 aliphatic heterocycles. The second kappa shape index (κ2) is 7.97. The smallest absolute Gasteiger partial charge is 0.224 e. The first-order chi connectivity index (χ1) is 11.7. The second-order valence-corrected chi connectivity index (χ2v) is 5.85. The lowest BCUT2D eigenvalue weighted by Crippen LogP contribution is -2.25. The van der Waals surface area contributed by atoms with Gasteiger partial charge in [0.1, 0.15) is 11.9 Å². The molecular weight excluding hydrogens is 309 g/mol. The molecule has 0 spiro atoms. The minimum Gasteiger partial charge on any atom is -0.370 e. The Kier molecular flexibility index (Phi) is 5.48. The topological polar surface area (TPSA) is 64.1 Å². The van der Waals surface area contributed by atoms with Crippen LogP contribution in [0, 0.1) is 5.82 Å². The van der Waals surface area contributed by atoms with Gasteiger partial charge in [-0.1, -0.05) is 18.2 Å². The van der Waals surface area contributed by atoms with Crippen molar-refractivity contribution in [3.63, 3.8) is 0 Å². The molecule has 2 heterocycles. The molecular formula is C18H20FN3O2. The van der Waals surface area contributed by atoms with E-state index < -0.39 is 0 Å². The number of carbonyl (C=O) groups excluding carboxylic acids is 1. The Morgan fingerprint density at radius 3 is 2.75 bits per heavy atom. The molecule has 1 fully saturated rings. The van der Waals surface area contributed by atoms with Crippen molar-refractivity contribution in [1.82, 2.24) is 15.3 Å². The Morgan fingerprint density at radius 2 is 2.04 bits per heavy atom. The van der Waals surface area contributed by atoms with E-state index in [1.54, 1.807) is 30.6 Å². The summed E-state index contributed by atoms with van der Waals surface area (Å²) in [6, 6.07) is 6.27. The SMILES string of the molecule is O=C(Cc1ccccc1F)NCc1cnc(C2CCCCO2)nc1. The highest BCUT2D eigenvalue weighted by atomic mass is 19.1. The molecule has 1 unspecified atom stereocenters. The van der Waals surface area contributed by atoms with Crippen molar-refractivity contribution in [2.45, 2.75) is 38.3 Å². The van der Waals surface area contributed by atoms with Crippen molar-refractivity contribution in [3.8, 4) is 0 Å². The van der Waals surface area contributed by atoms with E-state index in [1.165, 1.54) is 6.07 Å². The maximum absolute atomic E-state index is 13.5. The fourth-order valence-electron chi connectivity index (χ4n) is 2.64. The summed E-state index contributed by atoms with van der Waals surface area (Å²) in [5.74, 6) is 0.0868. The molecule has 1 N–H and O–H groups in total. The third kappa shape index (κ3) is 4.35. The van der Waals surface area contributed by atoms with Gasteiger partial charge < -0.3 is 10.1 Å². The number of carbonyl (C=O) groups is 1. The molecule has 1 aliphatic rings. The van der Waals surface area contributed by atoms with Gasteiger partial charge in [-0.3, -0.25) is 4.79 Å². The van der Waals surface area contributed by atoms with Gasteiger partial charge in [-0.25, -0.2) is 14.4 Å². The molecule has 24 heavy (non-hydrogen) atoms. The summed E-state index contributed by atoms with van der Waals surface area (Å²) >= 11 is 0. The van der Waals surface area contributed by atoms with Gasteiger partial charge in [0.2, 0.25) is 5.91 Å². The van der Waals surface area contributed by atoms with Crippen LogP contribution in [0.1, 0.15) is 42.3 Å². The van der Waals surface area contributed by atoms with Crippen LogP contribution < -0.4 is 5.32 Å². The van der Waals surface area contributed by atoms with Crippen LogP contribution in [0.4, 0.5) is 4.39 Å². The molecule has 1 atom stereocenters. The fraction of sp³-hybridized carbons (Fsp3) is 0.389. The Morgan fingerprint density at radius 1 is 1.25 bits per heavy atom. The number of rotatable bonds is 5. The average Bonchev–Trinajstić information content (AvgIpc) is 2.63. The quantitative estimate of drug-likeness (QED) is 0.916. The highest BCUT2D eigenvalue weighted by Crippen LogP contribution is 2.24. The molecule has 1 saturated heterocycles. The molecule has 3 rings (SSSR count). The van der Waals surface area contributed by atoms with Gasteiger partial charge in [0, 0.05) is 31.1 Å². The van der Waals surface area contributed by atoms with Crippen molar-refractivity contribution in [2.24, 2.45) is 0 Å².